The molecule has 2 aromatic rings. The standard InChI is InChI=1S/C17H18ClFN2O4S2/c18-14-5-6-16(26-14)27(23,24)20-11-15(22)21-17(7-9-25-10-8-17)12-1-3-13(19)4-2-12/h1-6,20H,7-11H2,(H,21,22). The molecule has 0 aliphatic carbocycles. The Bertz CT molecular complexity index is 909. The fourth-order valence-corrected chi connectivity index (χ4v) is 5.47. The van der Waals surface area contributed by atoms with Crippen LogP contribution in [-0.4, -0.2) is 34.1 Å². The van der Waals surface area contributed by atoms with Gasteiger partial charge < -0.3 is 10.1 Å². The number of carbonyl (C=O) groups excluding carboxylic acids is 1. The van der Waals surface area contributed by atoms with Crippen molar-refractivity contribution in [3.05, 3.63) is 52.1 Å². The second-order valence-electron chi connectivity index (χ2n) is 6.13. The summed E-state index contributed by atoms with van der Waals surface area (Å²) in [6.07, 6.45) is 1.02. The van der Waals surface area contributed by atoms with E-state index < -0.39 is 28.0 Å². The molecule has 10 heteroatoms. The number of thiophene rings is 1. The third kappa shape index (κ3) is 4.85. The first kappa shape index (κ1) is 20.2. The Balaban J connectivity index is 1.70. The van der Waals surface area contributed by atoms with E-state index in [0.717, 1.165) is 16.9 Å². The van der Waals surface area contributed by atoms with Crippen LogP contribution in [0.3, 0.4) is 0 Å². The predicted octanol–water partition coefficient (Wildman–Crippen LogP) is 2.64. The second-order valence-corrected chi connectivity index (χ2v) is 9.84. The van der Waals surface area contributed by atoms with Crippen LogP contribution in [0.4, 0.5) is 4.39 Å². The van der Waals surface area contributed by atoms with Gasteiger partial charge in [0, 0.05) is 13.2 Å². The molecule has 27 heavy (non-hydrogen) atoms. The normalized spacial score (nSPS) is 16.8. The Hall–Kier alpha value is -1.52. The highest BCUT2D eigenvalue weighted by atomic mass is 35.5. The van der Waals surface area contributed by atoms with E-state index in [1.54, 1.807) is 12.1 Å². The Morgan fingerprint density at radius 3 is 2.44 bits per heavy atom. The molecule has 3 rings (SSSR count). The minimum absolute atomic E-state index is 0.0413. The smallest absolute Gasteiger partial charge is 0.250 e. The summed E-state index contributed by atoms with van der Waals surface area (Å²) >= 11 is 6.67. The summed E-state index contributed by atoms with van der Waals surface area (Å²) in [7, 11) is -3.82. The minimum Gasteiger partial charge on any atom is -0.381 e. The average Bonchev–Trinajstić information content (AvgIpc) is 3.09. The van der Waals surface area contributed by atoms with Crippen molar-refractivity contribution in [2.75, 3.05) is 19.8 Å². The number of hydrogen-bond acceptors (Lipinski definition) is 5. The molecular formula is C17H18ClFN2O4S2. The molecule has 0 unspecified atom stereocenters. The van der Waals surface area contributed by atoms with Crippen molar-refractivity contribution in [2.24, 2.45) is 0 Å². The van der Waals surface area contributed by atoms with Crippen LogP contribution in [0, 0.1) is 5.82 Å². The zero-order valence-electron chi connectivity index (χ0n) is 14.2. The second kappa shape index (κ2) is 8.24. The van der Waals surface area contributed by atoms with Crippen molar-refractivity contribution in [1.82, 2.24) is 10.0 Å². The summed E-state index contributed by atoms with van der Waals surface area (Å²) in [6, 6.07) is 8.78. The van der Waals surface area contributed by atoms with Crippen LogP contribution in [0.5, 0.6) is 0 Å². The van der Waals surface area contributed by atoms with E-state index in [2.05, 4.69) is 10.0 Å². The fraction of sp³-hybridized carbons (Fsp3) is 0.353. The maximum absolute atomic E-state index is 13.3. The van der Waals surface area contributed by atoms with Crippen molar-refractivity contribution in [3.8, 4) is 0 Å². The summed E-state index contributed by atoms with van der Waals surface area (Å²) in [5.74, 6) is -0.845. The SMILES string of the molecule is O=C(CNS(=O)(=O)c1ccc(Cl)s1)NC1(c2ccc(F)cc2)CCOCC1. The third-order valence-corrected chi connectivity index (χ3v) is 7.48. The van der Waals surface area contributed by atoms with Gasteiger partial charge in [0.1, 0.15) is 10.0 Å². The molecule has 1 fully saturated rings. The number of hydrogen-bond donors (Lipinski definition) is 2. The molecule has 6 nitrogen and oxygen atoms in total. The molecule has 1 aromatic heterocycles. The van der Waals surface area contributed by atoms with E-state index in [1.165, 1.54) is 24.3 Å². The van der Waals surface area contributed by atoms with Gasteiger partial charge in [0.2, 0.25) is 5.91 Å². The van der Waals surface area contributed by atoms with Crippen LogP contribution < -0.4 is 10.0 Å². The van der Waals surface area contributed by atoms with Crippen molar-refractivity contribution in [1.29, 1.82) is 0 Å². The van der Waals surface area contributed by atoms with E-state index in [0.29, 0.717) is 30.4 Å². The van der Waals surface area contributed by atoms with Crippen LogP contribution >= 0.6 is 22.9 Å². The monoisotopic (exact) mass is 432 g/mol. The summed E-state index contributed by atoms with van der Waals surface area (Å²) < 4.78 is 45.8. The van der Waals surface area contributed by atoms with Gasteiger partial charge in [-0.1, -0.05) is 23.7 Å². The number of benzene rings is 1. The van der Waals surface area contributed by atoms with Crippen molar-refractivity contribution >= 4 is 38.9 Å². The molecule has 2 heterocycles. The molecule has 2 N–H and O–H groups in total. The van der Waals surface area contributed by atoms with Crippen LogP contribution in [0.15, 0.2) is 40.6 Å². The van der Waals surface area contributed by atoms with Gasteiger partial charge in [0.25, 0.3) is 10.0 Å². The number of amides is 1. The van der Waals surface area contributed by atoms with Gasteiger partial charge in [-0.15, -0.1) is 11.3 Å². The van der Waals surface area contributed by atoms with E-state index in [9.17, 15) is 17.6 Å². The third-order valence-electron chi connectivity index (χ3n) is 4.36. The highest BCUT2D eigenvalue weighted by Crippen LogP contribution is 2.32. The number of rotatable bonds is 6. The largest absolute Gasteiger partial charge is 0.381 e. The van der Waals surface area contributed by atoms with Gasteiger partial charge in [0.05, 0.1) is 16.4 Å². The summed E-state index contributed by atoms with van der Waals surface area (Å²) in [5, 5.41) is 2.91. The number of ether oxygens (including phenoxy) is 1. The lowest BCUT2D eigenvalue weighted by atomic mass is 9.82. The topological polar surface area (TPSA) is 84.5 Å². The fourth-order valence-electron chi connectivity index (χ4n) is 2.96. The maximum atomic E-state index is 13.3. The summed E-state index contributed by atoms with van der Waals surface area (Å²) in [4.78, 5) is 12.5. The average molecular weight is 433 g/mol. The van der Waals surface area contributed by atoms with E-state index in [4.69, 9.17) is 16.3 Å². The molecule has 0 radical (unpaired) electrons. The molecule has 1 aliphatic rings. The molecule has 1 aliphatic heterocycles. The molecule has 1 amide bonds. The van der Waals surface area contributed by atoms with Crippen molar-refractivity contribution in [3.63, 3.8) is 0 Å². The van der Waals surface area contributed by atoms with Crippen molar-refractivity contribution < 1.29 is 22.3 Å². The molecular weight excluding hydrogens is 415 g/mol. The zero-order valence-corrected chi connectivity index (χ0v) is 16.6. The van der Waals surface area contributed by atoms with Crippen LogP contribution in [-0.2, 0) is 25.1 Å². The molecule has 0 spiro atoms. The van der Waals surface area contributed by atoms with Gasteiger partial charge in [-0.3, -0.25) is 4.79 Å². The molecule has 0 atom stereocenters. The lowest BCUT2D eigenvalue weighted by molar-refractivity contribution is -0.123. The Labute approximate surface area is 165 Å². The molecule has 0 saturated carbocycles. The highest BCUT2D eigenvalue weighted by Gasteiger charge is 2.36. The lowest BCUT2D eigenvalue weighted by Gasteiger charge is -2.38. The number of sulfonamides is 1. The number of nitrogens with one attached hydrogen (secondary N) is 2. The Kier molecular flexibility index (Phi) is 6.17. The number of halogens is 2. The predicted molar refractivity (Wildman–Crippen MR) is 101 cm³/mol. The minimum atomic E-state index is -3.82. The molecule has 1 aromatic carbocycles. The first-order valence-corrected chi connectivity index (χ1v) is 10.9. The zero-order chi connectivity index (χ0) is 19.5. The van der Waals surface area contributed by atoms with Gasteiger partial charge in [-0.2, -0.15) is 0 Å². The lowest BCUT2D eigenvalue weighted by Crippen LogP contribution is -2.52. The molecule has 0 bridgehead atoms. The molecule has 1 saturated heterocycles. The van der Waals surface area contributed by atoms with E-state index >= 15 is 0 Å². The maximum Gasteiger partial charge on any atom is 0.250 e. The van der Waals surface area contributed by atoms with Gasteiger partial charge >= 0.3 is 0 Å². The quantitative estimate of drug-likeness (QED) is 0.735. The van der Waals surface area contributed by atoms with Crippen LogP contribution in [0.1, 0.15) is 18.4 Å². The Morgan fingerprint density at radius 2 is 1.85 bits per heavy atom. The van der Waals surface area contributed by atoms with E-state index in [-0.39, 0.29) is 10.0 Å². The van der Waals surface area contributed by atoms with Gasteiger partial charge in [-0.05, 0) is 42.7 Å². The van der Waals surface area contributed by atoms with Crippen molar-refractivity contribution in [2.45, 2.75) is 22.6 Å². The van der Waals surface area contributed by atoms with E-state index in [1.807, 2.05) is 0 Å². The van der Waals surface area contributed by atoms with Gasteiger partial charge in [-0.25, -0.2) is 17.5 Å². The Morgan fingerprint density at radius 1 is 1.19 bits per heavy atom. The first-order chi connectivity index (χ1) is 12.8. The molecule has 146 valence electrons. The summed E-state index contributed by atoms with van der Waals surface area (Å²) in [5.41, 5.74) is 0.0363. The first-order valence-electron chi connectivity index (χ1n) is 8.21. The van der Waals surface area contributed by atoms with Crippen LogP contribution in [0.2, 0.25) is 4.34 Å². The summed E-state index contributed by atoms with van der Waals surface area (Å²) in [6.45, 7) is 0.468. The van der Waals surface area contributed by atoms with Crippen LogP contribution in [0.25, 0.3) is 0 Å². The van der Waals surface area contributed by atoms with Gasteiger partial charge in [0.15, 0.2) is 0 Å². The number of carbonyl (C=O) groups is 1. The highest BCUT2D eigenvalue weighted by molar-refractivity contribution is 7.91.